The van der Waals surface area contributed by atoms with Gasteiger partial charge in [-0.3, -0.25) is 4.79 Å². The molecule has 1 aliphatic heterocycles. The number of amides is 1. The Bertz CT molecular complexity index is 1240. The molecule has 0 radical (unpaired) electrons. The normalized spacial score (nSPS) is 14.6. The number of esters is 1. The topological polar surface area (TPSA) is 74.3 Å². The number of methoxy groups -OCH3 is 2. The lowest BCUT2D eigenvalue weighted by Gasteiger charge is -2.38. The summed E-state index contributed by atoms with van der Waals surface area (Å²) in [5.74, 6) is 1.44. The van der Waals surface area contributed by atoms with Crippen LogP contribution >= 0.6 is 0 Å². The van der Waals surface area contributed by atoms with E-state index in [1.807, 2.05) is 48.2 Å². The van der Waals surface area contributed by atoms with Gasteiger partial charge in [-0.2, -0.15) is 0 Å². The highest BCUT2D eigenvalue weighted by Crippen LogP contribution is 2.39. The summed E-state index contributed by atoms with van der Waals surface area (Å²) in [6.45, 7) is 4.81. The zero-order valence-electron chi connectivity index (χ0n) is 21.1. The highest BCUT2D eigenvalue weighted by molar-refractivity contribution is 5.96. The standard InChI is InChI=1S/C29H31NO6/c1-5-35-29(32)20-10-12-22(13-11-20)36-18-25-24-17-27(34-4)26(33-3)16-21(24)14-15-30(25)28(31)23-9-7-6-8-19(23)2/h6-13,16-17,25H,5,14-15,18H2,1-4H3. The average Bonchev–Trinajstić information content (AvgIpc) is 2.91. The number of hydrogen-bond acceptors (Lipinski definition) is 6. The Balaban J connectivity index is 1.65. The van der Waals surface area contributed by atoms with Gasteiger partial charge in [0.1, 0.15) is 12.4 Å². The van der Waals surface area contributed by atoms with Crippen molar-refractivity contribution >= 4 is 11.9 Å². The first-order valence-corrected chi connectivity index (χ1v) is 12.0. The first kappa shape index (κ1) is 25.1. The van der Waals surface area contributed by atoms with E-state index in [1.54, 1.807) is 45.4 Å². The van der Waals surface area contributed by atoms with Gasteiger partial charge in [0.2, 0.25) is 0 Å². The second-order valence-electron chi connectivity index (χ2n) is 8.54. The number of ether oxygens (including phenoxy) is 4. The Hall–Kier alpha value is -4.00. The molecule has 1 unspecified atom stereocenters. The molecule has 0 N–H and O–H groups in total. The number of rotatable bonds is 8. The van der Waals surface area contributed by atoms with Crippen LogP contribution < -0.4 is 14.2 Å². The molecule has 0 saturated heterocycles. The van der Waals surface area contributed by atoms with E-state index in [1.165, 1.54) is 0 Å². The van der Waals surface area contributed by atoms with Crippen LogP contribution in [0.5, 0.6) is 17.2 Å². The van der Waals surface area contributed by atoms with Crippen molar-refractivity contribution in [3.63, 3.8) is 0 Å². The van der Waals surface area contributed by atoms with E-state index in [2.05, 4.69) is 0 Å². The third-order valence-corrected chi connectivity index (χ3v) is 6.41. The summed E-state index contributed by atoms with van der Waals surface area (Å²) in [5, 5.41) is 0. The largest absolute Gasteiger partial charge is 0.493 e. The molecule has 0 aliphatic carbocycles. The van der Waals surface area contributed by atoms with Gasteiger partial charge in [0, 0.05) is 12.1 Å². The van der Waals surface area contributed by atoms with Gasteiger partial charge < -0.3 is 23.8 Å². The average molecular weight is 490 g/mol. The fourth-order valence-corrected chi connectivity index (χ4v) is 4.50. The van der Waals surface area contributed by atoms with Crippen LogP contribution in [0.25, 0.3) is 0 Å². The van der Waals surface area contributed by atoms with Crippen molar-refractivity contribution < 1.29 is 28.5 Å². The third kappa shape index (κ3) is 5.15. The molecule has 1 amide bonds. The maximum atomic E-state index is 13.7. The minimum Gasteiger partial charge on any atom is -0.493 e. The SMILES string of the molecule is CCOC(=O)c1ccc(OCC2c3cc(OC)c(OC)cc3CCN2C(=O)c2ccccc2C)cc1. The predicted molar refractivity (Wildman–Crippen MR) is 136 cm³/mol. The van der Waals surface area contributed by atoms with Crippen LogP contribution in [-0.2, 0) is 11.2 Å². The van der Waals surface area contributed by atoms with Crippen molar-refractivity contribution in [3.05, 3.63) is 88.5 Å². The summed E-state index contributed by atoms with van der Waals surface area (Å²) >= 11 is 0. The Morgan fingerprint density at radius 1 is 0.972 bits per heavy atom. The monoisotopic (exact) mass is 489 g/mol. The smallest absolute Gasteiger partial charge is 0.338 e. The number of carbonyl (C=O) groups is 2. The molecule has 1 aliphatic rings. The number of benzene rings is 3. The molecular weight excluding hydrogens is 458 g/mol. The van der Waals surface area contributed by atoms with Gasteiger partial charge in [0.25, 0.3) is 5.91 Å². The van der Waals surface area contributed by atoms with Crippen LogP contribution in [-0.4, -0.2) is 50.8 Å². The summed E-state index contributed by atoms with van der Waals surface area (Å²) in [6.07, 6.45) is 0.693. The van der Waals surface area contributed by atoms with Gasteiger partial charge in [-0.15, -0.1) is 0 Å². The molecule has 4 rings (SSSR count). The molecule has 1 heterocycles. The van der Waals surface area contributed by atoms with Crippen LogP contribution in [0, 0.1) is 6.92 Å². The maximum Gasteiger partial charge on any atom is 0.338 e. The van der Waals surface area contributed by atoms with E-state index in [0.717, 1.165) is 16.7 Å². The zero-order chi connectivity index (χ0) is 25.7. The first-order valence-electron chi connectivity index (χ1n) is 12.0. The Morgan fingerprint density at radius 3 is 2.33 bits per heavy atom. The van der Waals surface area contributed by atoms with Crippen molar-refractivity contribution in [2.45, 2.75) is 26.3 Å². The van der Waals surface area contributed by atoms with Crippen molar-refractivity contribution in [1.82, 2.24) is 4.90 Å². The number of carbonyl (C=O) groups excluding carboxylic acids is 2. The quantitative estimate of drug-likeness (QED) is 0.414. The van der Waals surface area contributed by atoms with E-state index >= 15 is 0 Å². The molecule has 1 atom stereocenters. The van der Waals surface area contributed by atoms with Crippen LogP contribution in [0.2, 0.25) is 0 Å². The number of fused-ring (bicyclic) bond motifs is 1. The van der Waals surface area contributed by atoms with Crippen molar-refractivity contribution in [2.75, 3.05) is 34.0 Å². The van der Waals surface area contributed by atoms with E-state index < -0.39 is 0 Å². The molecule has 3 aromatic rings. The van der Waals surface area contributed by atoms with Gasteiger partial charge in [-0.05, 0) is 79.4 Å². The van der Waals surface area contributed by atoms with Crippen molar-refractivity contribution in [1.29, 1.82) is 0 Å². The van der Waals surface area contributed by atoms with Crippen LogP contribution in [0.1, 0.15) is 50.4 Å². The van der Waals surface area contributed by atoms with Crippen LogP contribution in [0.4, 0.5) is 0 Å². The van der Waals surface area contributed by atoms with Crippen molar-refractivity contribution in [2.24, 2.45) is 0 Å². The first-order chi connectivity index (χ1) is 17.5. The molecule has 36 heavy (non-hydrogen) atoms. The summed E-state index contributed by atoms with van der Waals surface area (Å²) in [6, 6.07) is 18.0. The molecule has 188 valence electrons. The maximum absolute atomic E-state index is 13.7. The summed E-state index contributed by atoms with van der Waals surface area (Å²) in [4.78, 5) is 27.5. The lowest BCUT2D eigenvalue weighted by atomic mass is 9.91. The fraction of sp³-hybridized carbons (Fsp3) is 0.310. The van der Waals surface area contributed by atoms with E-state index in [9.17, 15) is 9.59 Å². The second-order valence-corrected chi connectivity index (χ2v) is 8.54. The molecule has 7 heteroatoms. The van der Waals surface area contributed by atoms with Gasteiger partial charge >= 0.3 is 5.97 Å². The molecule has 7 nitrogen and oxygen atoms in total. The summed E-state index contributed by atoms with van der Waals surface area (Å²) in [5.41, 5.74) is 4.11. The molecule has 0 spiro atoms. The molecule has 0 bridgehead atoms. The van der Waals surface area contributed by atoms with E-state index in [0.29, 0.717) is 47.9 Å². The molecule has 0 aromatic heterocycles. The summed E-state index contributed by atoms with van der Waals surface area (Å²) < 4.78 is 22.3. The molecule has 0 saturated carbocycles. The van der Waals surface area contributed by atoms with Crippen LogP contribution in [0.15, 0.2) is 60.7 Å². The number of nitrogens with zero attached hydrogens (tertiary/aromatic N) is 1. The second kappa shape index (κ2) is 11.2. The van der Waals surface area contributed by atoms with Crippen LogP contribution in [0.3, 0.4) is 0 Å². The fourth-order valence-electron chi connectivity index (χ4n) is 4.50. The Kier molecular flexibility index (Phi) is 7.78. The van der Waals surface area contributed by atoms with Crippen molar-refractivity contribution in [3.8, 4) is 17.2 Å². The molecular formula is C29H31NO6. The molecule has 0 fully saturated rings. The lowest BCUT2D eigenvalue weighted by Crippen LogP contribution is -2.42. The predicted octanol–water partition coefficient (Wildman–Crippen LogP) is 5.01. The number of aryl methyl sites for hydroxylation is 1. The highest BCUT2D eigenvalue weighted by atomic mass is 16.5. The Morgan fingerprint density at radius 2 is 1.67 bits per heavy atom. The zero-order valence-corrected chi connectivity index (χ0v) is 21.1. The third-order valence-electron chi connectivity index (χ3n) is 6.41. The van der Waals surface area contributed by atoms with E-state index in [4.69, 9.17) is 18.9 Å². The van der Waals surface area contributed by atoms with Gasteiger partial charge in [-0.1, -0.05) is 18.2 Å². The van der Waals surface area contributed by atoms with Gasteiger partial charge in [0.15, 0.2) is 11.5 Å². The Labute approximate surface area is 211 Å². The molecule has 3 aromatic carbocycles. The number of hydrogen-bond donors (Lipinski definition) is 0. The minimum atomic E-state index is -0.374. The summed E-state index contributed by atoms with van der Waals surface area (Å²) in [7, 11) is 3.21. The lowest BCUT2D eigenvalue weighted by molar-refractivity contribution is 0.0524. The minimum absolute atomic E-state index is 0.0419. The van der Waals surface area contributed by atoms with Gasteiger partial charge in [0.05, 0.1) is 32.4 Å². The van der Waals surface area contributed by atoms with E-state index in [-0.39, 0.29) is 24.5 Å². The van der Waals surface area contributed by atoms with Gasteiger partial charge in [-0.25, -0.2) is 4.79 Å². The highest BCUT2D eigenvalue weighted by Gasteiger charge is 2.33.